The summed E-state index contributed by atoms with van der Waals surface area (Å²) in [6, 6.07) is 8.77. The van der Waals surface area contributed by atoms with Gasteiger partial charge in [-0.05, 0) is 18.2 Å². The van der Waals surface area contributed by atoms with Crippen LogP contribution in [-0.2, 0) is 24.9 Å². The van der Waals surface area contributed by atoms with E-state index in [1.54, 1.807) is 42.2 Å². The number of fused-ring (bicyclic) bond motifs is 2. The van der Waals surface area contributed by atoms with Crippen molar-refractivity contribution in [3.05, 3.63) is 66.1 Å². The minimum Gasteiger partial charge on any atom is -0.372 e. The minimum absolute atomic E-state index is 0.289. The Kier molecular flexibility index (Phi) is 5.26. The van der Waals surface area contributed by atoms with Crippen molar-refractivity contribution in [1.82, 2.24) is 34.6 Å². The van der Waals surface area contributed by atoms with Gasteiger partial charge in [0.25, 0.3) is 5.91 Å². The number of nitrogens with zero attached hydrogens (tertiary/aromatic N) is 5. The summed E-state index contributed by atoms with van der Waals surface area (Å²) in [5.74, 6) is 1.15. The Labute approximate surface area is 205 Å². The van der Waals surface area contributed by atoms with Crippen LogP contribution in [0, 0.1) is 5.82 Å². The molecule has 5 heterocycles. The van der Waals surface area contributed by atoms with Gasteiger partial charge < -0.3 is 24.9 Å². The third-order valence-electron chi connectivity index (χ3n) is 6.23. The largest absolute Gasteiger partial charge is 0.372 e. The van der Waals surface area contributed by atoms with Crippen molar-refractivity contribution >= 4 is 28.4 Å². The Morgan fingerprint density at radius 2 is 2.11 bits per heavy atom. The van der Waals surface area contributed by atoms with Gasteiger partial charge in [-0.25, -0.2) is 14.4 Å². The molecule has 11 heteroatoms. The van der Waals surface area contributed by atoms with Crippen LogP contribution < -0.4 is 10.6 Å². The number of carbonyl (C=O) groups excluding carboxylic acids is 1. The van der Waals surface area contributed by atoms with E-state index in [0.29, 0.717) is 70.4 Å². The van der Waals surface area contributed by atoms with Gasteiger partial charge in [0.2, 0.25) is 0 Å². The summed E-state index contributed by atoms with van der Waals surface area (Å²) in [4.78, 5) is 24.8. The lowest BCUT2D eigenvalue weighted by molar-refractivity contribution is 0.0816. The van der Waals surface area contributed by atoms with Gasteiger partial charge in [-0.2, -0.15) is 5.10 Å². The zero-order valence-electron chi connectivity index (χ0n) is 19.7. The molecule has 182 valence electrons. The predicted octanol–water partition coefficient (Wildman–Crippen LogP) is 3.60. The van der Waals surface area contributed by atoms with Crippen LogP contribution >= 0.6 is 0 Å². The molecular formula is C25H23FN8O2. The van der Waals surface area contributed by atoms with Crippen LogP contribution in [0.2, 0.25) is 0 Å². The number of carbonyl (C=O) groups is 1. The lowest BCUT2D eigenvalue weighted by Gasteiger charge is -2.13. The van der Waals surface area contributed by atoms with E-state index in [9.17, 15) is 4.79 Å². The fraction of sp³-hybridized carbons (Fsp3) is 0.200. The first-order chi connectivity index (χ1) is 17.5. The quantitative estimate of drug-likeness (QED) is 0.350. The van der Waals surface area contributed by atoms with E-state index in [0.717, 1.165) is 5.82 Å². The Bertz CT molecular complexity index is 1590. The first-order valence-corrected chi connectivity index (χ1v) is 11.5. The van der Waals surface area contributed by atoms with Crippen LogP contribution in [-0.4, -0.2) is 48.9 Å². The number of benzene rings is 1. The molecule has 0 aliphatic carbocycles. The van der Waals surface area contributed by atoms with Crippen molar-refractivity contribution in [2.75, 3.05) is 19.0 Å². The van der Waals surface area contributed by atoms with Crippen LogP contribution in [0.3, 0.4) is 0 Å². The molecule has 10 nitrogen and oxygen atoms in total. The average Bonchev–Trinajstić information content (AvgIpc) is 3.62. The van der Waals surface area contributed by atoms with Crippen molar-refractivity contribution < 1.29 is 13.9 Å². The van der Waals surface area contributed by atoms with E-state index in [4.69, 9.17) is 4.74 Å². The SMILES string of the molecule is CNC(=O)c1cnc(Nc2ccn(C)n2)c2[nH]c(-c3cccc(-c4cn5c(n4)COCC5)c3F)cc12. The lowest BCUT2D eigenvalue weighted by Crippen LogP contribution is -2.18. The number of imidazole rings is 1. The number of ether oxygens (including phenoxy) is 1. The molecule has 4 aromatic heterocycles. The third kappa shape index (κ3) is 3.69. The molecule has 1 aromatic carbocycles. The smallest absolute Gasteiger partial charge is 0.253 e. The summed E-state index contributed by atoms with van der Waals surface area (Å²) in [7, 11) is 3.37. The Balaban J connectivity index is 1.47. The monoisotopic (exact) mass is 486 g/mol. The second kappa shape index (κ2) is 8.61. The molecule has 3 N–H and O–H groups in total. The molecule has 6 rings (SSSR count). The Morgan fingerprint density at radius 1 is 1.25 bits per heavy atom. The van der Waals surface area contributed by atoms with Crippen molar-refractivity contribution in [1.29, 1.82) is 0 Å². The number of hydrogen-bond donors (Lipinski definition) is 3. The maximum Gasteiger partial charge on any atom is 0.253 e. The topological polar surface area (TPSA) is 115 Å². The van der Waals surface area contributed by atoms with E-state index >= 15 is 4.39 Å². The molecule has 0 unspecified atom stereocenters. The molecule has 1 amide bonds. The van der Waals surface area contributed by atoms with Gasteiger partial charge in [0, 0.05) is 67.5 Å². The van der Waals surface area contributed by atoms with Gasteiger partial charge >= 0.3 is 0 Å². The van der Waals surface area contributed by atoms with Crippen LogP contribution in [0.5, 0.6) is 0 Å². The minimum atomic E-state index is -0.408. The Hall–Kier alpha value is -4.51. The van der Waals surface area contributed by atoms with Crippen molar-refractivity contribution in [2.24, 2.45) is 7.05 Å². The van der Waals surface area contributed by atoms with Crippen molar-refractivity contribution in [3.8, 4) is 22.5 Å². The van der Waals surface area contributed by atoms with E-state index in [2.05, 4.69) is 30.7 Å². The molecule has 1 aliphatic rings. The summed E-state index contributed by atoms with van der Waals surface area (Å²) < 4.78 is 25.0. The van der Waals surface area contributed by atoms with Crippen LogP contribution in [0.15, 0.2) is 48.9 Å². The van der Waals surface area contributed by atoms with Gasteiger partial charge in [-0.3, -0.25) is 9.48 Å². The molecule has 36 heavy (non-hydrogen) atoms. The number of aryl methyl sites for hydroxylation is 1. The number of rotatable bonds is 5. The number of halogens is 1. The number of H-pyrrole nitrogens is 1. The Morgan fingerprint density at radius 3 is 2.89 bits per heavy atom. The second-order valence-electron chi connectivity index (χ2n) is 8.53. The summed E-state index contributed by atoms with van der Waals surface area (Å²) in [6.45, 7) is 1.70. The van der Waals surface area contributed by atoms with E-state index in [1.165, 1.54) is 6.20 Å². The summed E-state index contributed by atoms with van der Waals surface area (Å²) in [5, 5.41) is 10.8. The number of aromatic nitrogens is 6. The van der Waals surface area contributed by atoms with Crippen molar-refractivity contribution in [3.63, 3.8) is 0 Å². The highest BCUT2D eigenvalue weighted by molar-refractivity contribution is 6.10. The normalized spacial score (nSPS) is 13.1. The highest BCUT2D eigenvalue weighted by atomic mass is 19.1. The fourth-order valence-electron chi connectivity index (χ4n) is 4.43. The van der Waals surface area contributed by atoms with Crippen LogP contribution in [0.25, 0.3) is 33.4 Å². The number of hydrogen-bond acceptors (Lipinski definition) is 6. The molecule has 0 atom stereocenters. The standard InChI is InChI=1S/C25H23FN8O2/c1-27-25(35)17-11-28-24(31-20-6-7-33(2)32-20)23-16(17)10-18(30-23)14-4-3-5-15(22(14)26)19-12-34-8-9-36-13-21(34)29-19/h3-7,10-12,30H,8-9,13H2,1-2H3,(H,27,35)(H,28,31,32). The molecule has 5 aromatic rings. The summed E-state index contributed by atoms with van der Waals surface area (Å²) in [6.07, 6.45) is 5.15. The van der Waals surface area contributed by atoms with Gasteiger partial charge in [0.1, 0.15) is 18.2 Å². The molecule has 0 bridgehead atoms. The zero-order chi connectivity index (χ0) is 24.8. The molecule has 0 saturated heterocycles. The van der Waals surface area contributed by atoms with Crippen LogP contribution in [0.1, 0.15) is 16.2 Å². The van der Waals surface area contributed by atoms with E-state index in [1.807, 2.05) is 23.9 Å². The van der Waals surface area contributed by atoms with Gasteiger partial charge in [0.15, 0.2) is 11.6 Å². The van der Waals surface area contributed by atoms with E-state index < -0.39 is 5.82 Å². The fourth-order valence-corrected chi connectivity index (χ4v) is 4.43. The number of amides is 1. The average molecular weight is 487 g/mol. The number of anilines is 2. The van der Waals surface area contributed by atoms with E-state index in [-0.39, 0.29) is 5.91 Å². The molecule has 0 fully saturated rings. The van der Waals surface area contributed by atoms with Gasteiger partial charge in [0.05, 0.1) is 23.4 Å². The van der Waals surface area contributed by atoms with Gasteiger partial charge in [-0.1, -0.05) is 6.07 Å². The number of nitrogens with one attached hydrogen (secondary N) is 3. The maximum atomic E-state index is 15.9. The summed E-state index contributed by atoms with van der Waals surface area (Å²) in [5.41, 5.74) is 2.76. The first kappa shape index (κ1) is 22.0. The summed E-state index contributed by atoms with van der Waals surface area (Å²) >= 11 is 0. The van der Waals surface area contributed by atoms with Gasteiger partial charge in [-0.15, -0.1) is 0 Å². The maximum absolute atomic E-state index is 15.9. The molecule has 0 radical (unpaired) electrons. The van der Waals surface area contributed by atoms with Crippen LogP contribution in [0.4, 0.5) is 16.0 Å². The first-order valence-electron chi connectivity index (χ1n) is 11.5. The highest BCUT2D eigenvalue weighted by Gasteiger charge is 2.21. The zero-order valence-corrected chi connectivity index (χ0v) is 19.7. The van der Waals surface area contributed by atoms with Crippen molar-refractivity contribution in [2.45, 2.75) is 13.2 Å². The predicted molar refractivity (Wildman–Crippen MR) is 132 cm³/mol. The number of pyridine rings is 1. The number of aromatic amines is 1. The third-order valence-corrected chi connectivity index (χ3v) is 6.23. The molecular weight excluding hydrogens is 463 g/mol. The molecule has 0 saturated carbocycles. The second-order valence-corrected chi connectivity index (χ2v) is 8.53. The lowest BCUT2D eigenvalue weighted by atomic mass is 10.0. The highest BCUT2D eigenvalue weighted by Crippen LogP contribution is 2.35. The molecule has 1 aliphatic heterocycles. The molecule has 0 spiro atoms.